The van der Waals surface area contributed by atoms with Crippen molar-refractivity contribution in [2.24, 2.45) is 5.92 Å². The minimum Gasteiger partial charge on any atom is -0.480 e. The number of carbonyl (C=O) groups is 3. The van der Waals surface area contributed by atoms with E-state index in [1.54, 1.807) is 38.1 Å². The van der Waals surface area contributed by atoms with Gasteiger partial charge in [-0.2, -0.15) is 0 Å². The van der Waals surface area contributed by atoms with E-state index in [9.17, 15) is 19.5 Å². The molecule has 0 saturated heterocycles. The van der Waals surface area contributed by atoms with Crippen LogP contribution in [0.15, 0.2) is 72.8 Å². The van der Waals surface area contributed by atoms with E-state index in [-0.39, 0.29) is 24.9 Å². The second-order valence-corrected chi connectivity index (χ2v) is 8.96. The third-order valence-electron chi connectivity index (χ3n) is 6.13. The maximum Gasteiger partial charge on any atom is 0.411 e. The van der Waals surface area contributed by atoms with Gasteiger partial charge in [-0.05, 0) is 45.9 Å². The van der Waals surface area contributed by atoms with Crippen LogP contribution in [0.3, 0.4) is 0 Å². The third-order valence-corrected chi connectivity index (χ3v) is 6.13. The average Bonchev–Trinajstić information content (AvgIpc) is 3.15. The SMILES string of the molecule is CC(C)C(NC(=O)Cc1cccc(NC(=O)OCC2c3ccccc3-c3ccccc32)c1)C(=O)O. The zero-order valence-electron chi connectivity index (χ0n) is 19.7. The predicted octanol–water partition coefficient (Wildman–Crippen LogP) is 4.82. The fourth-order valence-corrected chi connectivity index (χ4v) is 4.43. The Labute approximate surface area is 204 Å². The molecule has 0 aliphatic heterocycles. The molecule has 0 heterocycles. The molecular weight excluding hydrogens is 444 g/mol. The van der Waals surface area contributed by atoms with E-state index < -0.39 is 24.0 Å². The lowest BCUT2D eigenvalue weighted by molar-refractivity contribution is -0.143. The Morgan fingerprint density at radius 3 is 2.14 bits per heavy atom. The van der Waals surface area contributed by atoms with Crippen LogP contribution in [0.25, 0.3) is 11.1 Å². The Bertz CT molecular complexity index is 1210. The molecule has 0 radical (unpaired) electrons. The monoisotopic (exact) mass is 472 g/mol. The highest BCUT2D eigenvalue weighted by atomic mass is 16.5. The maximum absolute atomic E-state index is 12.5. The van der Waals surface area contributed by atoms with Crippen molar-refractivity contribution in [2.45, 2.75) is 32.2 Å². The Kier molecular flexibility index (Phi) is 7.15. The molecule has 3 N–H and O–H groups in total. The average molecular weight is 473 g/mol. The van der Waals surface area contributed by atoms with E-state index in [1.807, 2.05) is 24.3 Å². The first-order chi connectivity index (χ1) is 16.8. The second-order valence-electron chi connectivity index (χ2n) is 8.96. The number of carbonyl (C=O) groups excluding carboxylic acids is 2. The highest BCUT2D eigenvalue weighted by Gasteiger charge is 2.29. The minimum atomic E-state index is -1.07. The molecule has 7 nitrogen and oxygen atoms in total. The topological polar surface area (TPSA) is 105 Å². The molecule has 1 unspecified atom stereocenters. The summed E-state index contributed by atoms with van der Waals surface area (Å²) in [4.78, 5) is 36.2. The van der Waals surface area contributed by atoms with Crippen molar-refractivity contribution in [1.29, 1.82) is 0 Å². The summed E-state index contributed by atoms with van der Waals surface area (Å²) >= 11 is 0. The quantitative estimate of drug-likeness (QED) is 0.436. The smallest absolute Gasteiger partial charge is 0.411 e. The Balaban J connectivity index is 1.36. The first-order valence-electron chi connectivity index (χ1n) is 11.6. The van der Waals surface area contributed by atoms with Crippen molar-refractivity contribution in [3.8, 4) is 11.1 Å². The van der Waals surface area contributed by atoms with E-state index in [2.05, 4.69) is 34.9 Å². The largest absolute Gasteiger partial charge is 0.480 e. The summed E-state index contributed by atoms with van der Waals surface area (Å²) < 4.78 is 5.58. The number of benzene rings is 3. The highest BCUT2D eigenvalue weighted by Crippen LogP contribution is 2.44. The van der Waals surface area contributed by atoms with Gasteiger partial charge in [-0.15, -0.1) is 0 Å². The molecule has 1 atom stereocenters. The van der Waals surface area contributed by atoms with Gasteiger partial charge in [-0.1, -0.05) is 74.5 Å². The highest BCUT2D eigenvalue weighted by molar-refractivity contribution is 5.87. The molecular formula is C28H28N2O5. The number of hydrogen-bond acceptors (Lipinski definition) is 4. The van der Waals surface area contributed by atoms with E-state index in [0.717, 1.165) is 22.3 Å². The standard InChI is InChI=1S/C28H28N2O5/c1-17(2)26(27(32)33)30-25(31)15-18-8-7-9-19(14-18)29-28(34)35-16-24-22-12-5-3-10-20(22)21-11-4-6-13-23(21)24/h3-14,17,24,26H,15-16H2,1-2H3,(H,29,34)(H,30,31)(H,32,33). The van der Waals surface area contributed by atoms with Crippen LogP contribution in [-0.2, 0) is 20.7 Å². The molecule has 180 valence electrons. The lowest BCUT2D eigenvalue weighted by atomic mass is 9.98. The molecule has 35 heavy (non-hydrogen) atoms. The fourth-order valence-electron chi connectivity index (χ4n) is 4.43. The number of rotatable bonds is 8. The van der Waals surface area contributed by atoms with E-state index in [4.69, 9.17) is 4.74 Å². The minimum absolute atomic E-state index is 0.00326. The Morgan fingerprint density at radius 1 is 0.914 bits per heavy atom. The normalized spacial score (nSPS) is 13.0. The first kappa shape index (κ1) is 24.0. The van der Waals surface area contributed by atoms with Gasteiger partial charge in [0, 0.05) is 11.6 Å². The van der Waals surface area contributed by atoms with Gasteiger partial charge in [-0.3, -0.25) is 10.1 Å². The summed E-state index contributed by atoms with van der Waals surface area (Å²) in [5, 5.41) is 14.5. The number of anilines is 1. The van der Waals surface area contributed by atoms with Crippen molar-refractivity contribution in [2.75, 3.05) is 11.9 Å². The fraction of sp³-hybridized carbons (Fsp3) is 0.250. The van der Waals surface area contributed by atoms with Crippen molar-refractivity contribution in [3.05, 3.63) is 89.5 Å². The molecule has 2 amide bonds. The number of fused-ring (bicyclic) bond motifs is 3. The summed E-state index contributed by atoms with van der Waals surface area (Å²) in [6, 6.07) is 22.1. The summed E-state index contributed by atoms with van der Waals surface area (Å²) in [7, 11) is 0. The number of aliphatic carboxylic acids is 1. The van der Waals surface area contributed by atoms with Gasteiger partial charge in [0.25, 0.3) is 0 Å². The predicted molar refractivity (Wildman–Crippen MR) is 133 cm³/mol. The second kappa shape index (κ2) is 10.4. The van der Waals surface area contributed by atoms with Crippen LogP contribution in [0.2, 0.25) is 0 Å². The third kappa shape index (κ3) is 5.51. The van der Waals surface area contributed by atoms with Gasteiger partial charge < -0.3 is 15.2 Å². The molecule has 0 saturated carbocycles. The van der Waals surface area contributed by atoms with E-state index in [0.29, 0.717) is 11.3 Å². The zero-order chi connectivity index (χ0) is 24.9. The van der Waals surface area contributed by atoms with Gasteiger partial charge in [0.1, 0.15) is 12.6 Å². The van der Waals surface area contributed by atoms with Gasteiger partial charge in [0.05, 0.1) is 6.42 Å². The van der Waals surface area contributed by atoms with Crippen LogP contribution in [0.1, 0.15) is 36.5 Å². The lowest BCUT2D eigenvalue weighted by Crippen LogP contribution is -2.44. The van der Waals surface area contributed by atoms with Gasteiger partial charge in [0.2, 0.25) is 5.91 Å². The van der Waals surface area contributed by atoms with E-state index >= 15 is 0 Å². The molecule has 1 aliphatic rings. The van der Waals surface area contributed by atoms with Crippen LogP contribution in [0, 0.1) is 5.92 Å². The van der Waals surface area contributed by atoms with E-state index in [1.165, 1.54) is 0 Å². The molecule has 7 heteroatoms. The lowest BCUT2D eigenvalue weighted by Gasteiger charge is -2.18. The van der Waals surface area contributed by atoms with Crippen molar-refractivity contribution in [1.82, 2.24) is 5.32 Å². The van der Waals surface area contributed by atoms with Crippen molar-refractivity contribution >= 4 is 23.7 Å². The van der Waals surface area contributed by atoms with Crippen LogP contribution >= 0.6 is 0 Å². The molecule has 3 aromatic carbocycles. The molecule has 3 aromatic rings. The zero-order valence-corrected chi connectivity index (χ0v) is 19.7. The number of carboxylic acids is 1. The molecule has 0 bridgehead atoms. The van der Waals surface area contributed by atoms with Crippen molar-refractivity contribution in [3.63, 3.8) is 0 Å². The molecule has 0 fully saturated rings. The number of hydrogen-bond donors (Lipinski definition) is 3. The van der Waals surface area contributed by atoms with Crippen LogP contribution in [-0.4, -0.2) is 35.7 Å². The number of carboxylic acid groups (broad SMARTS) is 1. The summed E-state index contributed by atoms with van der Waals surface area (Å²) in [5.74, 6) is -1.74. The number of nitrogens with one attached hydrogen (secondary N) is 2. The number of amides is 2. The molecule has 0 aromatic heterocycles. The summed E-state index contributed by atoms with van der Waals surface area (Å²) in [5.41, 5.74) is 5.72. The number of ether oxygens (including phenoxy) is 1. The molecule has 1 aliphatic carbocycles. The Hall–Kier alpha value is -4.13. The van der Waals surface area contributed by atoms with Gasteiger partial charge in [-0.25, -0.2) is 9.59 Å². The van der Waals surface area contributed by atoms with Crippen LogP contribution in [0.4, 0.5) is 10.5 Å². The Morgan fingerprint density at radius 2 is 1.54 bits per heavy atom. The van der Waals surface area contributed by atoms with Crippen molar-refractivity contribution < 1.29 is 24.2 Å². The molecule has 4 rings (SSSR count). The first-order valence-corrected chi connectivity index (χ1v) is 11.6. The van der Waals surface area contributed by atoms with Crippen LogP contribution in [0.5, 0.6) is 0 Å². The summed E-state index contributed by atoms with van der Waals surface area (Å²) in [6.07, 6.45) is -0.587. The van der Waals surface area contributed by atoms with Gasteiger partial charge in [0.15, 0.2) is 0 Å². The summed E-state index contributed by atoms with van der Waals surface area (Å²) in [6.45, 7) is 3.67. The molecule has 0 spiro atoms. The van der Waals surface area contributed by atoms with Crippen LogP contribution < -0.4 is 10.6 Å². The van der Waals surface area contributed by atoms with Gasteiger partial charge >= 0.3 is 12.1 Å². The maximum atomic E-state index is 12.5.